The van der Waals surface area contributed by atoms with Crippen molar-refractivity contribution in [1.82, 2.24) is 0 Å². The monoisotopic (exact) mass is 609 g/mol. The van der Waals surface area contributed by atoms with E-state index in [4.69, 9.17) is 0 Å². The van der Waals surface area contributed by atoms with Gasteiger partial charge in [-0.3, -0.25) is 0 Å². The number of rotatable bonds is 5. The van der Waals surface area contributed by atoms with Crippen molar-refractivity contribution in [3.8, 4) is 22.3 Å². The van der Waals surface area contributed by atoms with Crippen LogP contribution >= 0.6 is 31.9 Å². The Bertz CT molecular complexity index is 1400. The van der Waals surface area contributed by atoms with Crippen molar-refractivity contribution in [3.05, 3.63) is 136 Å². The van der Waals surface area contributed by atoms with Crippen LogP contribution in [0, 0.1) is 0 Å². The molecule has 5 aromatic carbocycles. The molecule has 0 aromatic heterocycles. The van der Waals surface area contributed by atoms with Crippen molar-refractivity contribution in [3.63, 3.8) is 0 Å². The smallest absolute Gasteiger partial charge is 0.0618 e. The summed E-state index contributed by atoms with van der Waals surface area (Å²) < 4.78 is 2.07. The molecule has 0 bridgehead atoms. The molecule has 0 heterocycles. The van der Waals surface area contributed by atoms with Crippen LogP contribution < -0.4 is 4.90 Å². The van der Waals surface area contributed by atoms with Gasteiger partial charge in [-0.1, -0.05) is 106 Å². The second-order valence-corrected chi connectivity index (χ2v) is 11.8. The van der Waals surface area contributed by atoms with E-state index < -0.39 is 0 Å². The minimum atomic E-state index is 0.0119. The Morgan fingerprint density at radius 2 is 0.919 bits per heavy atom. The molecule has 5 aromatic rings. The fourth-order valence-electron chi connectivity index (χ4n) is 4.46. The zero-order valence-electron chi connectivity index (χ0n) is 21.3. The van der Waals surface area contributed by atoms with Crippen molar-refractivity contribution in [2.45, 2.75) is 26.2 Å². The summed E-state index contributed by atoms with van der Waals surface area (Å²) in [5.74, 6) is 0. The molecule has 5 rings (SSSR count). The molecule has 0 atom stereocenters. The Hall–Kier alpha value is -3.14. The molecule has 0 unspecified atom stereocenters. The van der Waals surface area contributed by atoms with E-state index in [2.05, 4.69) is 179 Å². The Balaban J connectivity index is 1.64. The van der Waals surface area contributed by atoms with Gasteiger partial charge in [0.1, 0.15) is 0 Å². The standard InChI is InChI=1S/C34H29Br2N/c1-34(2,3)28-22-31(35)33(36)32(23-28)37(29-18-14-26(15-19-29)24-10-6-4-7-11-24)30-20-16-27(17-21-30)25-12-8-5-9-13-25/h4-23H,1-3H3. The largest absolute Gasteiger partial charge is 0.309 e. The van der Waals surface area contributed by atoms with Crippen LogP contribution in [0.2, 0.25) is 0 Å². The molecule has 0 saturated carbocycles. The number of nitrogens with zero attached hydrogens (tertiary/aromatic N) is 1. The van der Waals surface area contributed by atoms with E-state index in [1.165, 1.54) is 27.8 Å². The molecule has 0 spiro atoms. The summed E-state index contributed by atoms with van der Waals surface area (Å²) in [5.41, 5.74) is 9.41. The Kier molecular flexibility index (Phi) is 7.37. The maximum atomic E-state index is 3.89. The number of anilines is 3. The fraction of sp³-hybridized carbons (Fsp3) is 0.118. The molecule has 184 valence electrons. The zero-order valence-corrected chi connectivity index (χ0v) is 24.4. The number of halogens is 2. The summed E-state index contributed by atoms with van der Waals surface area (Å²) in [6, 6.07) is 43.2. The quantitative estimate of drug-likeness (QED) is 0.191. The highest BCUT2D eigenvalue weighted by molar-refractivity contribution is 9.13. The number of hydrogen-bond donors (Lipinski definition) is 0. The number of benzene rings is 5. The SMILES string of the molecule is CC(C)(C)c1cc(Br)c(Br)c(N(c2ccc(-c3ccccc3)cc2)c2ccc(-c3ccccc3)cc2)c1. The first-order valence-electron chi connectivity index (χ1n) is 12.4. The lowest BCUT2D eigenvalue weighted by Gasteiger charge is -2.30. The maximum Gasteiger partial charge on any atom is 0.0618 e. The molecule has 0 aliphatic heterocycles. The van der Waals surface area contributed by atoms with Gasteiger partial charge in [-0.05, 0) is 101 Å². The van der Waals surface area contributed by atoms with Crippen LogP contribution in [0.4, 0.5) is 17.1 Å². The molecular weight excluding hydrogens is 582 g/mol. The molecule has 0 saturated heterocycles. The average Bonchev–Trinajstić information content (AvgIpc) is 2.92. The van der Waals surface area contributed by atoms with Crippen molar-refractivity contribution >= 4 is 48.9 Å². The zero-order chi connectivity index (χ0) is 26.0. The summed E-state index contributed by atoms with van der Waals surface area (Å²) in [6.45, 7) is 6.75. The third kappa shape index (κ3) is 5.58. The number of hydrogen-bond acceptors (Lipinski definition) is 1. The van der Waals surface area contributed by atoms with E-state index in [9.17, 15) is 0 Å². The molecular formula is C34H29Br2N. The highest BCUT2D eigenvalue weighted by Crippen LogP contribution is 2.45. The van der Waals surface area contributed by atoms with E-state index in [-0.39, 0.29) is 5.41 Å². The lowest BCUT2D eigenvalue weighted by Crippen LogP contribution is -2.15. The molecule has 37 heavy (non-hydrogen) atoms. The van der Waals surface area contributed by atoms with Crippen LogP contribution in [-0.4, -0.2) is 0 Å². The highest BCUT2D eigenvalue weighted by Gasteiger charge is 2.22. The Labute approximate surface area is 237 Å². The average molecular weight is 611 g/mol. The predicted octanol–water partition coefficient (Wildman–Crippen LogP) is 11.3. The highest BCUT2D eigenvalue weighted by atomic mass is 79.9. The molecule has 0 aliphatic rings. The van der Waals surface area contributed by atoms with Gasteiger partial charge >= 0.3 is 0 Å². The van der Waals surface area contributed by atoms with Crippen molar-refractivity contribution in [1.29, 1.82) is 0 Å². The van der Waals surface area contributed by atoms with E-state index in [0.717, 1.165) is 26.0 Å². The first-order valence-corrected chi connectivity index (χ1v) is 14.0. The minimum absolute atomic E-state index is 0.0119. The van der Waals surface area contributed by atoms with E-state index in [1.807, 2.05) is 0 Å². The van der Waals surface area contributed by atoms with Crippen molar-refractivity contribution in [2.24, 2.45) is 0 Å². The minimum Gasteiger partial charge on any atom is -0.309 e. The predicted molar refractivity (Wildman–Crippen MR) is 166 cm³/mol. The summed E-state index contributed by atoms with van der Waals surface area (Å²) in [7, 11) is 0. The second-order valence-electron chi connectivity index (χ2n) is 10.2. The van der Waals surface area contributed by atoms with Crippen molar-refractivity contribution in [2.75, 3.05) is 4.90 Å². The lowest BCUT2D eigenvalue weighted by molar-refractivity contribution is 0.590. The van der Waals surface area contributed by atoms with E-state index in [1.54, 1.807) is 0 Å². The van der Waals surface area contributed by atoms with E-state index in [0.29, 0.717) is 0 Å². The summed E-state index contributed by atoms with van der Waals surface area (Å²) in [6.07, 6.45) is 0. The van der Waals surface area contributed by atoms with Crippen LogP contribution in [0.25, 0.3) is 22.3 Å². The summed E-state index contributed by atoms with van der Waals surface area (Å²) >= 11 is 7.70. The molecule has 1 nitrogen and oxygen atoms in total. The first-order chi connectivity index (χ1) is 17.8. The van der Waals surface area contributed by atoms with Gasteiger partial charge in [0.2, 0.25) is 0 Å². The third-order valence-electron chi connectivity index (χ3n) is 6.58. The van der Waals surface area contributed by atoms with Crippen LogP contribution in [0.1, 0.15) is 26.3 Å². The Morgan fingerprint density at radius 1 is 0.514 bits per heavy atom. The lowest BCUT2D eigenvalue weighted by atomic mass is 9.86. The first kappa shape index (κ1) is 25.5. The van der Waals surface area contributed by atoms with Gasteiger partial charge in [-0.25, -0.2) is 0 Å². The molecule has 3 heteroatoms. The molecule has 0 aliphatic carbocycles. The molecule has 0 radical (unpaired) electrons. The maximum absolute atomic E-state index is 3.89. The Morgan fingerprint density at radius 3 is 1.32 bits per heavy atom. The van der Waals surface area contributed by atoms with Gasteiger partial charge in [-0.15, -0.1) is 0 Å². The molecule has 0 N–H and O–H groups in total. The van der Waals surface area contributed by atoms with E-state index >= 15 is 0 Å². The van der Waals surface area contributed by atoms with Gasteiger partial charge in [0, 0.05) is 15.8 Å². The third-order valence-corrected chi connectivity index (χ3v) is 8.57. The van der Waals surface area contributed by atoms with Crippen LogP contribution in [0.5, 0.6) is 0 Å². The van der Waals surface area contributed by atoms with Crippen LogP contribution in [0.15, 0.2) is 130 Å². The van der Waals surface area contributed by atoms with Crippen molar-refractivity contribution < 1.29 is 0 Å². The second kappa shape index (κ2) is 10.7. The van der Waals surface area contributed by atoms with Crippen LogP contribution in [-0.2, 0) is 5.41 Å². The van der Waals surface area contributed by atoms with Gasteiger partial charge < -0.3 is 4.90 Å². The topological polar surface area (TPSA) is 3.24 Å². The summed E-state index contributed by atoms with van der Waals surface area (Å²) in [5, 5.41) is 0. The molecule has 0 fully saturated rings. The normalized spacial score (nSPS) is 11.4. The molecule has 0 amide bonds. The summed E-state index contributed by atoms with van der Waals surface area (Å²) in [4.78, 5) is 2.33. The van der Waals surface area contributed by atoms with Gasteiger partial charge in [0.05, 0.1) is 10.2 Å². The van der Waals surface area contributed by atoms with Gasteiger partial charge in [0.15, 0.2) is 0 Å². The van der Waals surface area contributed by atoms with Gasteiger partial charge in [0.25, 0.3) is 0 Å². The van der Waals surface area contributed by atoms with Crippen LogP contribution in [0.3, 0.4) is 0 Å². The fourth-order valence-corrected chi connectivity index (χ4v) is 5.32. The van der Waals surface area contributed by atoms with Gasteiger partial charge in [-0.2, -0.15) is 0 Å².